The molecule has 0 fully saturated rings. The van der Waals surface area contributed by atoms with Gasteiger partial charge in [-0.3, -0.25) is 9.09 Å². The van der Waals surface area contributed by atoms with Crippen molar-refractivity contribution in [3.63, 3.8) is 0 Å². The van der Waals surface area contributed by atoms with E-state index in [1.807, 2.05) is 20.8 Å². The Morgan fingerprint density at radius 2 is 2.09 bits per heavy atom. The first-order valence-electron chi connectivity index (χ1n) is 7.23. The summed E-state index contributed by atoms with van der Waals surface area (Å²) >= 11 is 3.32. The van der Waals surface area contributed by atoms with Gasteiger partial charge in [0, 0.05) is 17.4 Å². The lowest BCUT2D eigenvalue weighted by atomic mass is 10.3. The van der Waals surface area contributed by atoms with Crippen molar-refractivity contribution >= 4 is 29.5 Å². The van der Waals surface area contributed by atoms with Crippen LogP contribution in [0.3, 0.4) is 0 Å². The third-order valence-electron chi connectivity index (χ3n) is 3.24. The molecule has 132 valence electrons. The van der Waals surface area contributed by atoms with Gasteiger partial charge in [-0.1, -0.05) is 27.8 Å². The molecule has 1 rings (SSSR count). The Morgan fingerprint density at radius 1 is 1.48 bits per heavy atom. The highest BCUT2D eigenvalue weighted by molar-refractivity contribution is 9.09. The SMILES string of the molecule is CC[C@@H](C)NP(=O)(N[C@H](C)CBr)OCc1cnc([N+](=O)[O-])n1C. The van der Waals surface area contributed by atoms with Crippen LogP contribution in [0.25, 0.3) is 0 Å². The van der Waals surface area contributed by atoms with E-state index in [1.54, 1.807) is 0 Å². The minimum absolute atomic E-state index is 0.00303. The molecule has 1 aromatic rings. The average molecular weight is 412 g/mol. The van der Waals surface area contributed by atoms with Gasteiger partial charge in [0.1, 0.15) is 18.5 Å². The summed E-state index contributed by atoms with van der Waals surface area (Å²) in [5.41, 5.74) is 0.469. The van der Waals surface area contributed by atoms with Crippen molar-refractivity contribution in [3.05, 3.63) is 22.0 Å². The van der Waals surface area contributed by atoms with Crippen molar-refractivity contribution in [1.29, 1.82) is 0 Å². The van der Waals surface area contributed by atoms with Gasteiger partial charge in [-0.05, 0) is 25.2 Å². The summed E-state index contributed by atoms with van der Waals surface area (Å²) < 4.78 is 19.8. The van der Waals surface area contributed by atoms with E-state index in [0.29, 0.717) is 11.0 Å². The molecule has 1 heterocycles. The van der Waals surface area contributed by atoms with Gasteiger partial charge in [-0.15, -0.1) is 0 Å². The maximum atomic E-state index is 12.9. The Morgan fingerprint density at radius 3 is 2.57 bits per heavy atom. The minimum atomic E-state index is -3.31. The van der Waals surface area contributed by atoms with Crippen LogP contribution in [0.4, 0.5) is 5.95 Å². The van der Waals surface area contributed by atoms with Crippen molar-refractivity contribution in [2.45, 2.75) is 45.9 Å². The molecule has 0 aliphatic carbocycles. The first kappa shape index (κ1) is 20.2. The Labute approximate surface area is 144 Å². The van der Waals surface area contributed by atoms with Crippen LogP contribution in [0.2, 0.25) is 0 Å². The second-order valence-corrected chi connectivity index (χ2v) is 7.84. The lowest BCUT2D eigenvalue weighted by Crippen LogP contribution is -2.35. The minimum Gasteiger partial charge on any atom is -0.390 e. The number of alkyl halides is 1. The first-order chi connectivity index (χ1) is 10.7. The average Bonchev–Trinajstić information content (AvgIpc) is 2.86. The fraction of sp³-hybridized carbons (Fsp3) is 0.750. The molecule has 0 aliphatic heterocycles. The lowest BCUT2D eigenvalue weighted by Gasteiger charge is -2.25. The second-order valence-electron chi connectivity index (χ2n) is 5.31. The molecule has 0 saturated carbocycles. The quantitative estimate of drug-likeness (QED) is 0.263. The van der Waals surface area contributed by atoms with Gasteiger partial charge in [-0.25, -0.2) is 14.7 Å². The number of hydrogen-bond donors (Lipinski definition) is 2. The van der Waals surface area contributed by atoms with Crippen LogP contribution < -0.4 is 10.2 Å². The number of rotatable bonds is 10. The number of nitrogens with zero attached hydrogens (tertiary/aromatic N) is 3. The van der Waals surface area contributed by atoms with E-state index < -0.39 is 12.6 Å². The number of nitrogens with one attached hydrogen (secondary N) is 2. The van der Waals surface area contributed by atoms with Crippen LogP contribution in [0.1, 0.15) is 32.9 Å². The molecule has 1 unspecified atom stereocenters. The van der Waals surface area contributed by atoms with Crippen molar-refractivity contribution in [2.24, 2.45) is 7.05 Å². The number of imidazole rings is 1. The molecule has 1 aromatic heterocycles. The molecule has 0 aliphatic rings. The van der Waals surface area contributed by atoms with Crippen LogP contribution in [-0.4, -0.2) is 31.9 Å². The van der Waals surface area contributed by atoms with E-state index in [9.17, 15) is 14.7 Å². The summed E-state index contributed by atoms with van der Waals surface area (Å²) in [4.78, 5) is 13.9. The highest BCUT2D eigenvalue weighted by atomic mass is 79.9. The first-order valence-corrected chi connectivity index (χ1v) is 9.98. The standard InChI is InChI=1S/C12H23BrN5O4P/c1-5-9(2)15-23(21,16-10(3)6-13)22-8-11-7-14-12(17(11)4)18(19)20/h7,9-10H,5-6,8H2,1-4H3,(H2,15,16,21)/t9-,10-,23?/m1/s1. The monoisotopic (exact) mass is 411 g/mol. The zero-order valence-electron chi connectivity index (χ0n) is 13.7. The third kappa shape index (κ3) is 5.96. The largest absolute Gasteiger partial charge is 0.434 e. The highest BCUT2D eigenvalue weighted by Crippen LogP contribution is 2.40. The van der Waals surface area contributed by atoms with E-state index >= 15 is 0 Å². The van der Waals surface area contributed by atoms with E-state index in [1.165, 1.54) is 17.8 Å². The summed E-state index contributed by atoms with van der Waals surface area (Å²) in [6.07, 6.45) is 2.13. The molecule has 3 atom stereocenters. The molecule has 0 amide bonds. The molecule has 9 nitrogen and oxygen atoms in total. The molecular formula is C12H23BrN5O4P. The van der Waals surface area contributed by atoms with Gasteiger partial charge in [0.15, 0.2) is 0 Å². The van der Waals surface area contributed by atoms with Crippen molar-refractivity contribution in [1.82, 2.24) is 19.7 Å². The smallest absolute Gasteiger partial charge is 0.390 e. The van der Waals surface area contributed by atoms with Crippen LogP contribution in [-0.2, 0) is 22.7 Å². The normalized spacial score (nSPS) is 16.7. The second kappa shape index (κ2) is 8.89. The van der Waals surface area contributed by atoms with Gasteiger partial charge in [0.2, 0.25) is 0 Å². The molecule has 11 heteroatoms. The van der Waals surface area contributed by atoms with Gasteiger partial charge in [0.25, 0.3) is 0 Å². The molecule has 23 heavy (non-hydrogen) atoms. The third-order valence-corrected chi connectivity index (χ3v) is 6.27. The van der Waals surface area contributed by atoms with Gasteiger partial charge >= 0.3 is 13.6 Å². The predicted octanol–water partition coefficient (Wildman–Crippen LogP) is 2.71. The Bertz CT molecular complexity index is 566. The summed E-state index contributed by atoms with van der Waals surface area (Å²) in [6, 6.07) is -0.0741. The highest BCUT2D eigenvalue weighted by Gasteiger charge is 2.28. The maximum absolute atomic E-state index is 12.9. The van der Waals surface area contributed by atoms with Crippen LogP contribution in [0.5, 0.6) is 0 Å². The Kier molecular flexibility index (Phi) is 7.82. The lowest BCUT2D eigenvalue weighted by molar-refractivity contribution is -0.396. The van der Waals surface area contributed by atoms with E-state index in [2.05, 4.69) is 31.1 Å². The van der Waals surface area contributed by atoms with Crippen LogP contribution in [0, 0.1) is 10.1 Å². The molecular weight excluding hydrogens is 389 g/mol. The molecule has 2 N–H and O–H groups in total. The van der Waals surface area contributed by atoms with Crippen molar-refractivity contribution < 1.29 is 14.0 Å². The van der Waals surface area contributed by atoms with Crippen LogP contribution in [0.15, 0.2) is 6.20 Å². The van der Waals surface area contributed by atoms with Gasteiger partial charge < -0.3 is 10.1 Å². The van der Waals surface area contributed by atoms with E-state index in [-0.39, 0.29) is 24.6 Å². The molecule has 0 bridgehead atoms. The fourth-order valence-corrected chi connectivity index (χ4v) is 4.10. The number of hydrogen-bond acceptors (Lipinski definition) is 5. The molecule has 0 saturated heterocycles. The molecule has 0 radical (unpaired) electrons. The number of halogens is 1. The predicted molar refractivity (Wildman–Crippen MR) is 91.5 cm³/mol. The Balaban J connectivity index is 2.85. The summed E-state index contributed by atoms with van der Waals surface area (Å²) in [5.74, 6) is -0.282. The Hall–Kier alpha value is -0.800. The summed E-state index contributed by atoms with van der Waals surface area (Å²) in [6.45, 7) is 5.70. The van der Waals surface area contributed by atoms with Crippen molar-refractivity contribution in [2.75, 3.05) is 5.33 Å². The number of nitro groups is 1. The van der Waals surface area contributed by atoms with Gasteiger partial charge in [0.05, 0.1) is 7.05 Å². The number of aromatic nitrogens is 2. The molecule has 0 aromatic carbocycles. The van der Waals surface area contributed by atoms with E-state index in [4.69, 9.17) is 4.52 Å². The zero-order valence-corrected chi connectivity index (χ0v) is 16.1. The fourth-order valence-electron chi connectivity index (χ4n) is 1.71. The van der Waals surface area contributed by atoms with Crippen molar-refractivity contribution in [3.8, 4) is 0 Å². The van der Waals surface area contributed by atoms with E-state index in [0.717, 1.165) is 6.42 Å². The van der Waals surface area contributed by atoms with Gasteiger partial charge in [-0.2, -0.15) is 0 Å². The molecule has 0 spiro atoms. The van der Waals surface area contributed by atoms with Crippen LogP contribution >= 0.6 is 23.6 Å². The zero-order chi connectivity index (χ0) is 17.6. The topological polar surface area (TPSA) is 111 Å². The summed E-state index contributed by atoms with van der Waals surface area (Å²) in [5, 5.41) is 17.3. The maximum Gasteiger partial charge on any atom is 0.434 e. The summed E-state index contributed by atoms with van der Waals surface area (Å²) in [7, 11) is -1.79.